The fraction of sp³-hybridized carbons (Fsp3) is 0. The number of nitrogens with one attached hydrogen (secondary N) is 1. The van der Waals surface area contributed by atoms with Gasteiger partial charge in [-0.25, -0.2) is 9.97 Å². The Morgan fingerprint density at radius 1 is 0.652 bits per heavy atom. The average molecular weight is 519 g/mol. The molecule has 4 heterocycles. The second-order valence-corrected chi connectivity index (χ2v) is 7.48. The summed E-state index contributed by atoms with van der Waals surface area (Å²) in [4.78, 5) is 12.8. The molecule has 1 aliphatic rings. The molecule has 3 aromatic heterocycles. The van der Waals surface area contributed by atoms with Gasteiger partial charge in [0.15, 0.2) is 0 Å². The number of aromatic amines is 1. The number of nitrogens with zero attached hydrogens (tertiary/aromatic N) is 2. The van der Waals surface area contributed by atoms with Gasteiger partial charge < -0.3 is 0 Å². The third-order valence-corrected chi connectivity index (χ3v) is 5.44. The summed E-state index contributed by atoms with van der Waals surface area (Å²) in [5.74, 6) is 0. The van der Waals surface area contributed by atoms with Crippen molar-refractivity contribution in [3.8, 4) is 0 Å². The summed E-state index contributed by atoms with van der Waals surface area (Å²) < 4.78 is 0. The Labute approximate surface area is 166 Å². The van der Waals surface area contributed by atoms with Crippen molar-refractivity contribution in [2.75, 3.05) is 0 Å². The van der Waals surface area contributed by atoms with E-state index in [1.807, 2.05) is 36.4 Å². The van der Waals surface area contributed by atoms with Crippen molar-refractivity contribution in [3.05, 3.63) is 54.6 Å². The molecule has 3 aromatic rings. The first-order valence-electron chi connectivity index (χ1n) is 6.47. The molecule has 120 valence electrons. The molecule has 0 unspecified atom stereocenters. The molecule has 23 heavy (non-hydrogen) atoms. The molecule has 6 bridgehead atoms. The van der Waals surface area contributed by atoms with Crippen LogP contribution in [0.25, 0.3) is 0 Å². The average Bonchev–Trinajstić information content (AvgIpc) is 2.57. The van der Waals surface area contributed by atoms with Gasteiger partial charge in [-0.05, 0) is 53.9 Å². The number of hydrogen-bond donors (Lipinski definition) is 0. The van der Waals surface area contributed by atoms with Gasteiger partial charge in [0.1, 0.15) is 20.1 Å². The molecule has 8 heteroatoms. The zero-order valence-corrected chi connectivity index (χ0v) is 17.0. The van der Waals surface area contributed by atoms with E-state index in [9.17, 15) is 0 Å². The van der Waals surface area contributed by atoms with Gasteiger partial charge in [0.25, 0.3) is 0 Å². The number of pyridine rings is 3. The fourth-order valence-corrected chi connectivity index (χ4v) is 4.52. The van der Waals surface area contributed by atoms with Crippen LogP contribution in [0, 0.1) is 0 Å². The minimum absolute atomic E-state index is 0.964. The second-order valence-electron chi connectivity index (χ2n) is 4.31. The van der Waals surface area contributed by atoms with Gasteiger partial charge in [0.05, 0.1) is 0 Å². The summed E-state index contributed by atoms with van der Waals surface area (Å²) in [6.07, 6.45) is 0. The molecule has 0 radical (unpaired) electrons. The van der Waals surface area contributed by atoms with Crippen LogP contribution in [0.1, 0.15) is 0 Å². The van der Waals surface area contributed by atoms with Crippen molar-refractivity contribution >= 4 is 55.6 Å². The van der Waals surface area contributed by atoms with Crippen molar-refractivity contribution in [1.29, 1.82) is 0 Å². The zero-order chi connectivity index (χ0) is 16.1. The van der Waals surface area contributed by atoms with E-state index in [0.29, 0.717) is 0 Å². The summed E-state index contributed by atoms with van der Waals surface area (Å²) in [7, 11) is 0. The van der Waals surface area contributed by atoms with Crippen molar-refractivity contribution in [2.24, 2.45) is 0 Å². The first-order chi connectivity index (χ1) is 11.3. The van der Waals surface area contributed by atoms with Crippen LogP contribution in [0.5, 0.6) is 0 Å². The molecule has 1 N–H and O–H groups in total. The van der Waals surface area contributed by atoms with Crippen LogP contribution >= 0.6 is 55.6 Å². The Balaban J connectivity index is 0.000000753. The molecule has 0 spiro atoms. The van der Waals surface area contributed by atoms with Gasteiger partial charge in [-0.1, -0.05) is 23.9 Å². The third kappa shape index (κ3) is 4.87. The Morgan fingerprint density at radius 2 is 1.04 bits per heavy atom. The van der Waals surface area contributed by atoms with E-state index >= 15 is 0 Å². The van der Waals surface area contributed by atoms with Crippen molar-refractivity contribution in [3.63, 3.8) is 0 Å². The van der Waals surface area contributed by atoms with Crippen molar-refractivity contribution in [1.82, 2.24) is 9.97 Å². The third-order valence-electron chi connectivity index (χ3n) is 2.78. The maximum Gasteiger partial charge on any atom is 0.245 e. The number of halogens is 1. The predicted molar refractivity (Wildman–Crippen MR) is 97.9 cm³/mol. The summed E-state index contributed by atoms with van der Waals surface area (Å²) in [6.45, 7) is 0. The van der Waals surface area contributed by atoms with E-state index in [-0.39, 0.29) is 0 Å². The Morgan fingerprint density at radius 3 is 1.52 bits per heavy atom. The molecule has 0 fully saturated rings. The zero-order valence-electron chi connectivity index (χ0n) is 11.5. The molecule has 0 saturated heterocycles. The van der Waals surface area contributed by atoms with Gasteiger partial charge in [-0.15, -0.1) is 0 Å². The van der Waals surface area contributed by atoms with Crippen LogP contribution in [0.2, 0.25) is 0 Å². The minimum Gasteiger partial charge on any atom is -0.234 e. The summed E-state index contributed by atoms with van der Waals surface area (Å²) in [6, 6.07) is 18.3. The van der Waals surface area contributed by atoms with Crippen LogP contribution in [-0.4, -0.2) is 9.97 Å². The van der Waals surface area contributed by atoms with Crippen LogP contribution in [-0.2, 0) is 12.8 Å². The molecule has 0 saturated carbocycles. The maximum atomic E-state index is 4.67. The van der Waals surface area contributed by atoms with Gasteiger partial charge in [0.2, 0.25) is 10.1 Å². The molecule has 0 aromatic carbocycles. The van der Waals surface area contributed by atoms with E-state index < -0.39 is 0 Å². The number of aromatic nitrogens is 3. The SMILES string of the molecule is [Cu][I].c1cc2nc(c1)Sc1cccc([nH+]1)Sc1cccc(n1)S2. The van der Waals surface area contributed by atoms with Crippen molar-refractivity contribution < 1.29 is 17.7 Å². The normalized spacial score (nSPS) is 12.3. The number of fused-ring (bicyclic) bond motifs is 6. The molecule has 0 atom stereocenters. The van der Waals surface area contributed by atoms with Crippen LogP contribution in [0.3, 0.4) is 0 Å². The monoisotopic (exact) mass is 518 g/mol. The van der Waals surface area contributed by atoms with E-state index in [2.05, 4.69) is 45.9 Å². The van der Waals surface area contributed by atoms with Gasteiger partial charge in [0, 0.05) is 12.1 Å². The van der Waals surface area contributed by atoms with Crippen LogP contribution in [0.4, 0.5) is 0 Å². The molecule has 4 rings (SSSR count). The topological polar surface area (TPSA) is 39.9 Å². The first kappa shape index (κ1) is 17.6. The summed E-state index contributed by atoms with van der Waals surface area (Å²) >= 11 is 10.7. The van der Waals surface area contributed by atoms with Crippen molar-refractivity contribution in [2.45, 2.75) is 30.2 Å². The number of rotatable bonds is 0. The van der Waals surface area contributed by atoms with E-state index in [1.165, 1.54) is 0 Å². The van der Waals surface area contributed by atoms with Gasteiger partial charge >= 0.3 is 33.1 Å². The predicted octanol–water partition coefficient (Wildman–Crippen LogP) is 4.94. The van der Waals surface area contributed by atoms with Gasteiger partial charge in [-0.2, -0.15) is 4.98 Å². The Bertz CT molecular complexity index is 659. The standard InChI is InChI=1S/C15H9N3S3.Cu.HI/c1-4-10-16-11(5-1)20-13-7-3-9-15(18-13)21-14-8-2-6-12(17-14)19-10;;/h1-9H;;1H/q;+1;. The largest absolute Gasteiger partial charge is 0.245 e. The first-order valence-corrected chi connectivity index (χ1v) is 12.0. The van der Waals surface area contributed by atoms with Gasteiger partial charge in [-0.3, -0.25) is 0 Å². The molecule has 0 amide bonds. The second kappa shape index (κ2) is 8.73. The molecular formula is C15H10CuIN3S3+. The number of H-pyrrole nitrogens is 1. The summed E-state index contributed by atoms with van der Waals surface area (Å²) in [5, 5.41) is 6.04. The van der Waals surface area contributed by atoms with Crippen LogP contribution < -0.4 is 4.98 Å². The molecular weight excluding hydrogens is 509 g/mol. The van der Waals surface area contributed by atoms with E-state index in [0.717, 1.165) is 30.2 Å². The summed E-state index contributed by atoms with van der Waals surface area (Å²) in [5.41, 5.74) is 0. The van der Waals surface area contributed by atoms with E-state index in [4.69, 9.17) is 0 Å². The quantitative estimate of drug-likeness (QED) is 0.244. The Hall–Kier alpha value is -0.251. The molecule has 1 aliphatic heterocycles. The molecule has 3 nitrogen and oxygen atoms in total. The fourth-order valence-electron chi connectivity index (χ4n) is 1.90. The number of hydrogen-bond acceptors (Lipinski definition) is 5. The molecule has 0 aliphatic carbocycles. The van der Waals surface area contributed by atoms with Crippen LogP contribution in [0.15, 0.2) is 84.8 Å². The van der Waals surface area contributed by atoms with E-state index in [1.54, 1.807) is 55.6 Å². The Kier molecular flexibility index (Phi) is 6.67. The minimum atomic E-state index is 0.964. The maximum absolute atomic E-state index is 4.67. The smallest absolute Gasteiger partial charge is 0.234 e.